The molecule has 0 saturated heterocycles. The molecule has 0 fully saturated rings. The number of aliphatic hydroxyl groups excluding tert-OH is 1. The van der Waals surface area contributed by atoms with Crippen molar-refractivity contribution in [1.82, 2.24) is 9.21 Å². The molecule has 2 N–H and O–H groups in total. The van der Waals surface area contributed by atoms with Crippen LogP contribution in [0.4, 0.5) is 10.5 Å². The van der Waals surface area contributed by atoms with Gasteiger partial charge in [-0.2, -0.15) is 4.31 Å². The Bertz CT molecular complexity index is 1450. The summed E-state index contributed by atoms with van der Waals surface area (Å²) in [5.74, 6) is 6.03. The van der Waals surface area contributed by atoms with Gasteiger partial charge >= 0.3 is 6.03 Å². The summed E-state index contributed by atoms with van der Waals surface area (Å²) < 4.78 is 35.0. The Morgan fingerprint density at radius 1 is 1.08 bits per heavy atom. The average Bonchev–Trinajstić information content (AvgIpc) is 2.94. The lowest BCUT2D eigenvalue weighted by Crippen LogP contribution is -2.50. The van der Waals surface area contributed by atoms with E-state index in [1.807, 2.05) is 55.5 Å². The third-order valence-corrected chi connectivity index (χ3v) is 8.64. The van der Waals surface area contributed by atoms with E-state index in [1.165, 1.54) is 15.3 Å². The van der Waals surface area contributed by atoms with E-state index < -0.39 is 22.2 Å². The van der Waals surface area contributed by atoms with Crippen LogP contribution in [0.2, 0.25) is 0 Å². The van der Waals surface area contributed by atoms with E-state index in [-0.39, 0.29) is 42.3 Å². The fourth-order valence-corrected chi connectivity index (χ4v) is 6.11. The number of aliphatic hydroxyl groups is 1. The third-order valence-electron chi connectivity index (χ3n) is 6.62. The number of nitrogens with zero attached hydrogens (tertiary/aromatic N) is 2. The lowest BCUT2D eigenvalue weighted by molar-refractivity contribution is 0.0830. The van der Waals surface area contributed by atoms with Gasteiger partial charge in [0, 0.05) is 42.4 Å². The summed E-state index contributed by atoms with van der Waals surface area (Å²) in [4.78, 5) is 14.4. The van der Waals surface area contributed by atoms with Gasteiger partial charge in [0.1, 0.15) is 16.7 Å². The van der Waals surface area contributed by atoms with Gasteiger partial charge in [0.25, 0.3) is 0 Å². The molecule has 0 unspecified atom stereocenters. The maximum Gasteiger partial charge on any atom is 0.321 e. The SMILES string of the molecule is C[C@H](CO)N1C[C@H](C)[C@H](CN(C)C(=O)Nc2ccccc2)Oc2cc(C#Cc3ccccc3)ccc2S1(=O)=O. The Morgan fingerprint density at radius 2 is 1.72 bits per heavy atom. The maximum atomic E-state index is 13.7. The van der Waals surface area contributed by atoms with Crippen LogP contribution in [0, 0.1) is 17.8 Å². The largest absolute Gasteiger partial charge is 0.487 e. The second-order valence-corrected chi connectivity index (χ2v) is 11.6. The first-order chi connectivity index (χ1) is 18.7. The molecule has 3 aromatic carbocycles. The number of sulfonamides is 1. The predicted octanol–water partition coefficient (Wildman–Crippen LogP) is 4.02. The first-order valence-electron chi connectivity index (χ1n) is 12.8. The first-order valence-corrected chi connectivity index (χ1v) is 14.2. The highest BCUT2D eigenvalue weighted by atomic mass is 32.2. The standard InChI is InChI=1S/C30H33N3O5S/c1-22-19-33(23(2)21-34)39(36,37)29-17-16-25(15-14-24-10-6-4-7-11-24)18-27(29)38-28(22)20-32(3)30(35)31-26-12-8-5-9-13-26/h4-13,16-18,22-23,28,34H,19-21H2,1-3H3,(H,31,35)/t22-,23+,28-/m0/s1. The predicted molar refractivity (Wildman–Crippen MR) is 151 cm³/mol. The van der Waals surface area contributed by atoms with Crippen molar-refractivity contribution in [2.75, 3.05) is 32.1 Å². The van der Waals surface area contributed by atoms with Crippen molar-refractivity contribution in [1.29, 1.82) is 0 Å². The molecule has 204 valence electrons. The monoisotopic (exact) mass is 547 g/mol. The molecular formula is C30H33N3O5S. The topological polar surface area (TPSA) is 99.2 Å². The molecule has 39 heavy (non-hydrogen) atoms. The summed E-state index contributed by atoms with van der Waals surface area (Å²) in [5.41, 5.74) is 2.09. The van der Waals surface area contributed by atoms with Gasteiger partial charge in [0.05, 0.1) is 13.2 Å². The number of nitrogens with one attached hydrogen (secondary N) is 1. The summed E-state index contributed by atoms with van der Waals surface area (Å²) in [6.45, 7) is 3.55. The summed E-state index contributed by atoms with van der Waals surface area (Å²) in [5, 5.41) is 12.7. The Balaban J connectivity index is 1.67. The molecule has 0 radical (unpaired) electrons. The molecule has 0 spiro atoms. The lowest BCUT2D eigenvalue weighted by atomic mass is 10.0. The average molecular weight is 548 g/mol. The number of hydrogen-bond donors (Lipinski definition) is 2. The maximum absolute atomic E-state index is 13.7. The van der Waals surface area contributed by atoms with Crippen molar-refractivity contribution < 1.29 is 23.1 Å². The number of benzene rings is 3. The first kappa shape index (κ1) is 28.2. The van der Waals surface area contributed by atoms with Crippen LogP contribution in [-0.4, -0.2) is 67.7 Å². The fraction of sp³-hybridized carbons (Fsp3) is 0.300. The van der Waals surface area contributed by atoms with E-state index in [0.717, 1.165) is 5.56 Å². The number of para-hydroxylation sites is 1. The number of hydrogen-bond acceptors (Lipinski definition) is 5. The zero-order valence-electron chi connectivity index (χ0n) is 22.2. The molecule has 1 heterocycles. The van der Waals surface area contributed by atoms with Gasteiger partial charge in [0.2, 0.25) is 10.0 Å². The van der Waals surface area contributed by atoms with Crippen molar-refractivity contribution >= 4 is 21.7 Å². The molecule has 4 rings (SSSR count). The van der Waals surface area contributed by atoms with Crippen molar-refractivity contribution in [3.05, 3.63) is 90.0 Å². The molecule has 0 aromatic heterocycles. The van der Waals surface area contributed by atoms with Crippen LogP contribution in [0.3, 0.4) is 0 Å². The highest BCUT2D eigenvalue weighted by molar-refractivity contribution is 7.89. The van der Waals surface area contributed by atoms with Gasteiger partial charge in [-0.05, 0) is 49.4 Å². The number of anilines is 1. The van der Waals surface area contributed by atoms with Crippen molar-refractivity contribution in [3.63, 3.8) is 0 Å². The van der Waals surface area contributed by atoms with Gasteiger partial charge < -0.3 is 20.1 Å². The van der Waals surface area contributed by atoms with Crippen LogP contribution < -0.4 is 10.1 Å². The minimum Gasteiger partial charge on any atom is -0.487 e. The fourth-order valence-electron chi connectivity index (χ4n) is 4.28. The quantitative estimate of drug-likeness (QED) is 0.470. The van der Waals surface area contributed by atoms with Crippen LogP contribution >= 0.6 is 0 Å². The molecule has 0 saturated carbocycles. The van der Waals surface area contributed by atoms with Gasteiger partial charge in [0.15, 0.2) is 0 Å². The van der Waals surface area contributed by atoms with Gasteiger partial charge in [-0.1, -0.05) is 55.2 Å². The molecular weight excluding hydrogens is 514 g/mol. The summed E-state index contributed by atoms with van der Waals surface area (Å²) in [7, 11) is -2.31. The van der Waals surface area contributed by atoms with Gasteiger partial charge in [-0.25, -0.2) is 13.2 Å². The number of fused-ring (bicyclic) bond motifs is 1. The molecule has 0 aliphatic carbocycles. The zero-order chi connectivity index (χ0) is 28.0. The van der Waals surface area contributed by atoms with Crippen molar-refractivity contribution in [2.45, 2.75) is 30.9 Å². The molecule has 3 atom stereocenters. The lowest BCUT2D eigenvalue weighted by Gasteiger charge is -2.37. The Morgan fingerprint density at radius 3 is 2.38 bits per heavy atom. The second kappa shape index (κ2) is 12.3. The van der Waals surface area contributed by atoms with E-state index in [2.05, 4.69) is 17.2 Å². The van der Waals surface area contributed by atoms with E-state index in [1.54, 1.807) is 38.2 Å². The normalized spacial score (nSPS) is 19.2. The number of ether oxygens (including phenoxy) is 1. The van der Waals surface area contributed by atoms with E-state index in [4.69, 9.17) is 4.74 Å². The van der Waals surface area contributed by atoms with Crippen molar-refractivity contribution in [3.8, 4) is 17.6 Å². The van der Waals surface area contributed by atoms with Crippen LogP contribution in [0.15, 0.2) is 83.8 Å². The Labute approximate surface area is 230 Å². The number of likely N-dealkylation sites (N-methyl/N-ethyl adjacent to an activating group) is 1. The summed E-state index contributed by atoms with van der Waals surface area (Å²) >= 11 is 0. The highest BCUT2D eigenvalue weighted by Gasteiger charge is 2.38. The second-order valence-electron chi connectivity index (χ2n) is 9.69. The molecule has 1 aliphatic rings. The molecule has 1 aliphatic heterocycles. The van der Waals surface area contributed by atoms with Crippen LogP contribution in [0.1, 0.15) is 25.0 Å². The highest BCUT2D eigenvalue weighted by Crippen LogP contribution is 2.34. The van der Waals surface area contributed by atoms with Gasteiger partial charge in [-0.3, -0.25) is 0 Å². The van der Waals surface area contributed by atoms with Crippen LogP contribution in [0.5, 0.6) is 5.75 Å². The summed E-state index contributed by atoms with van der Waals surface area (Å²) in [6.07, 6.45) is -0.531. The number of rotatable bonds is 5. The van der Waals surface area contributed by atoms with Crippen LogP contribution in [0.25, 0.3) is 0 Å². The number of carbonyl (C=O) groups is 1. The number of urea groups is 1. The zero-order valence-corrected chi connectivity index (χ0v) is 23.1. The molecule has 8 nitrogen and oxygen atoms in total. The number of amides is 2. The van der Waals surface area contributed by atoms with Gasteiger partial charge in [-0.15, -0.1) is 0 Å². The minimum atomic E-state index is -3.97. The Hall–Kier alpha value is -3.84. The molecule has 0 bridgehead atoms. The van der Waals surface area contributed by atoms with Crippen molar-refractivity contribution in [2.24, 2.45) is 5.92 Å². The van der Waals surface area contributed by atoms with E-state index >= 15 is 0 Å². The Kier molecular flexibility index (Phi) is 8.92. The summed E-state index contributed by atoms with van der Waals surface area (Å²) in [6, 6.07) is 22.4. The number of carbonyl (C=O) groups excluding carboxylic acids is 1. The smallest absolute Gasteiger partial charge is 0.321 e. The van der Waals surface area contributed by atoms with Crippen LogP contribution in [-0.2, 0) is 10.0 Å². The van der Waals surface area contributed by atoms with E-state index in [9.17, 15) is 18.3 Å². The molecule has 3 aromatic rings. The molecule has 2 amide bonds. The van der Waals surface area contributed by atoms with E-state index in [0.29, 0.717) is 11.3 Å². The molecule has 9 heteroatoms. The third kappa shape index (κ3) is 6.79. The minimum absolute atomic E-state index is 0.00125.